The number of nitrogens with one attached hydrogen (secondary N) is 2. The van der Waals surface area contributed by atoms with Gasteiger partial charge in [0.05, 0.1) is 6.61 Å². The third-order valence-corrected chi connectivity index (χ3v) is 6.98. The lowest BCUT2D eigenvalue weighted by molar-refractivity contribution is 0.0367. The lowest BCUT2D eigenvalue weighted by atomic mass is 9.79. The Bertz CT molecular complexity index is 533. The van der Waals surface area contributed by atoms with E-state index >= 15 is 0 Å². The average molecular weight is 408 g/mol. The minimum absolute atomic E-state index is 0.186. The quantitative estimate of drug-likeness (QED) is 0.542. The van der Waals surface area contributed by atoms with E-state index in [4.69, 9.17) is 4.74 Å². The Hall–Kier alpha value is -1.50. The minimum Gasteiger partial charge on any atom is -0.450 e. The molecule has 29 heavy (non-hydrogen) atoms. The zero-order valence-electron chi connectivity index (χ0n) is 18.5. The SMILES string of the molecule is CCOC(=O)N1CCC(NC(=NC)NCC2(N3CCCCC3)CCCCC2)CC1. The summed E-state index contributed by atoms with van der Waals surface area (Å²) >= 11 is 0. The average Bonchev–Trinajstić information content (AvgIpc) is 2.78. The van der Waals surface area contributed by atoms with Crippen LogP contribution in [0.15, 0.2) is 4.99 Å². The van der Waals surface area contributed by atoms with E-state index in [1.165, 1.54) is 64.5 Å². The highest BCUT2D eigenvalue weighted by atomic mass is 16.6. The Labute approximate surface area is 176 Å². The lowest BCUT2D eigenvalue weighted by Crippen LogP contribution is -2.60. The fraction of sp³-hybridized carbons (Fsp3) is 0.909. The molecule has 1 amide bonds. The molecule has 7 heteroatoms. The van der Waals surface area contributed by atoms with Crippen LogP contribution in [0.5, 0.6) is 0 Å². The Balaban J connectivity index is 1.49. The summed E-state index contributed by atoms with van der Waals surface area (Å²) in [6.45, 7) is 7.25. The standard InChI is InChI=1S/C22H41N5O2/c1-3-29-21(28)26-16-10-19(11-17-26)25-20(23-2)24-18-22(12-6-4-7-13-22)27-14-8-5-9-15-27/h19H,3-18H2,1-2H3,(H2,23,24,25). The number of guanidine groups is 1. The van der Waals surface area contributed by atoms with Crippen molar-refractivity contribution < 1.29 is 9.53 Å². The summed E-state index contributed by atoms with van der Waals surface area (Å²) in [4.78, 5) is 21.0. The van der Waals surface area contributed by atoms with Crippen LogP contribution in [0.2, 0.25) is 0 Å². The monoisotopic (exact) mass is 407 g/mol. The predicted molar refractivity (Wildman–Crippen MR) is 117 cm³/mol. The van der Waals surface area contributed by atoms with Gasteiger partial charge in [-0.05, 0) is 58.5 Å². The van der Waals surface area contributed by atoms with Crippen LogP contribution >= 0.6 is 0 Å². The van der Waals surface area contributed by atoms with E-state index < -0.39 is 0 Å². The number of hydrogen-bond acceptors (Lipinski definition) is 4. The number of carbonyl (C=O) groups excluding carboxylic acids is 1. The first-order chi connectivity index (χ1) is 14.2. The van der Waals surface area contributed by atoms with E-state index in [9.17, 15) is 4.79 Å². The number of hydrogen-bond donors (Lipinski definition) is 2. The second kappa shape index (κ2) is 11.0. The summed E-state index contributed by atoms with van der Waals surface area (Å²) in [5.74, 6) is 0.904. The summed E-state index contributed by atoms with van der Waals surface area (Å²) in [7, 11) is 1.86. The normalized spacial score (nSPS) is 24.2. The summed E-state index contributed by atoms with van der Waals surface area (Å²) in [6, 6.07) is 0.351. The summed E-state index contributed by atoms with van der Waals surface area (Å²) in [5, 5.41) is 7.27. The van der Waals surface area contributed by atoms with E-state index in [2.05, 4.69) is 20.5 Å². The number of nitrogens with zero attached hydrogens (tertiary/aromatic N) is 3. The van der Waals surface area contributed by atoms with Gasteiger partial charge in [0.1, 0.15) is 0 Å². The van der Waals surface area contributed by atoms with Crippen molar-refractivity contribution in [3.05, 3.63) is 0 Å². The summed E-state index contributed by atoms with van der Waals surface area (Å²) in [5.41, 5.74) is 0.295. The van der Waals surface area contributed by atoms with Crippen molar-refractivity contribution in [1.82, 2.24) is 20.4 Å². The Morgan fingerprint density at radius 3 is 2.31 bits per heavy atom. The van der Waals surface area contributed by atoms with Crippen LogP contribution in [0.1, 0.15) is 71.1 Å². The number of ether oxygens (including phenoxy) is 1. The van der Waals surface area contributed by atoms with Crippen LogP contribution in [0, 0.1) is 0 Å². The molecular formula is C22H41N5O2. The Morgan fingerprint density at radius 2 is 1.69 bits per heavy atom. The first-order valence-corrected chi connectivity index (χ1v) is 11.8. The molecule has 2 heterocycles. The molecule has 3 aliphatic rings. The van der Waals surface area contributed by atoms with Crippen molar-refractivity contribution >= 4 is 12.1 Å². The second-order valence-corrected chi connectivity index (χ2v) is 8.86. The molecule has 0 radical (unpaired) electrons. The van der Waals surface area contributed by atoms with Crippen LogP contribution in [-0.4, -0.2) is 79.8 Å². The highest BCUT2D eigenvalue weighted by Gasteiger charge is 2.38. The van der Waals surface area contributed by atoms with E-state index in [0.717, 1.165) is 38.4 Å². The number of likely N-dealkylation sites (tertiary alicyclic amines) is 2. The number of rotatable bonds is 5. The molecule has 0 aromatic heterocycles. The highest BCUT2D eigenvalue weighted by molar-refractivity contribution is 5.80. The molecule has 2 aliphatic heterocycles. The van der Waals surface area contributed by atoms with Crippen molar-refractivity contribution in [1.29, 1.82) is 0 Å². The van der Waals surface area contributed by atoms with Crippen LogP contribution in [0.25, 0.3) is 0 Å². The van der Waals surface area contributed by atoms with Crippen molar-refractivity contribution in [3.63, 3.8) is 0 Å². The van der Waals surface area contributed by atoms with E-state index in [1.54, 1.807) is 0 Å². The third kappa shape index (κ3) is 6.00. The first kappa shape index (κ1) is 22.2. The zero-order valence-corrected chi connectivity index (χ0v) is 18.5. The zero-order chi connectivity index (χ0) is 20.5. The molecule has 0 spiro atoms. The van der Waals surface area contributed by atoms with Gasteiger partial charge in [0.25, 0.3) is 0 Å². The molecule has 0 atom stereocenters. The molecule has 1 aliphatic carbocycles. The maximum atomic E-state index is 11.9. The van der Waals surface area contributed by atoms with Gasteiger partial charge in [-0.3, -0.25) is 9.89 Å². The smallest absolute Gasteiger partial charge is 0.409 e. The summed E-state index contributed by atoms with van der Waals surface area (Å²) < 4.78 is 5.12. The van der Waals surface area contributed by atoms with Crippen molar-refractivity contribution in [2.75, 3.05) is 46.4 Å². The molecule has 2 N–H and O–H groups in total. The van der Waals surface area contributed by atoms with Crippen LogP contribution in [0.3, 0.4) is 0 Å². The largest absolute Gasteiger partial charge is 0.450 e. The van der Waals surface area contributed by atoms with Crippen LogP contribution in [-0.2, 0) is 4.74 Å². The Kier molecular flexibility index (Phi) is 8.45. The van der Waals surface area contributed by atoms with Gasteiger partial charge in [0.15, 0.2) is 5.96 Å². The number of aliphatic imine (C=N–C) groups is 1. The molecule has 0 bridgehead atoms. The van der Waals surface area contributed by atoms with Gasteiger partial charge in [-0.25, -0.2) is 4.79 Å². The van der Waals surface area contributed by atoms with Gasteiger partial charge in [0, 0.05) is 38.3 Å². The first-order valence-electron chi connectivity index (χ1n) is 11.8. The number of carbonyl (C=O) groups is 1. The van der Waals surface area contributed by atoms with E-state index in [1.807, 2.05) is 18.9 Å². The highest BCUT2D eigenvalue weighted by Crippen LogP contribution is 2.35. The lowest BCUT2D eigenvalue weighted by Gasteiger charge is -2.48. The molecule has 1 saturated carbocycles. The molecule has 3 rings (SSSR count). The number of piperidine rings is 2. The van der Waals surface area contributed by atoms with Crippen molar-refractivity contribution in [2.45, 2.75) is 82.7 Å². The molecular weight excluding hydrogens is 366 g/mol. The molecule has 0 aromatic rings. The van der Waals surface area contributed by atoms with Gasteiger partial charge >= 0.3 is 6.09 Å². The van der Waals surface area contributed by atoms with Crippen molar-refractivity contribution in [3.8, 4) is 0 Å². The molecule has 166 valence electrons. The van der Waals surface area contributed by atoms with Gasteiger partial charge in [-0.15, -0.1) is 0 Å². The van der Waals surface area contributed by atoms with E-state index in [0.29, 0.717) is 18.2 Å². The van der Waals surface area contributed by atoms with Crippen LogP contribution in [0.4, 0.5) is 4.79 Å². The second-order valence-electron chi connectivity index (χ2n) is 8.86. The van der Waals surface area contributed by atoms with Gasteiger partial charge < -0.3 is 20.3 Å². The topological polar surface area (TPSA) is 69.2 Å². The minimum atomic E-state index is -0.186. The molecule has 2 saturated heterocycles. The maximum Gasteiger partial charge on any atom is 0.409 e. The summed E-state index contributed by atoms with van der Waals surface area (Å²) in [6.07, 6.45) is 12.4. The van der Waals surface area contributed by atoms with Gasteiger partial charge in [-0.2, -0.15) is 0 Å². The van der Waals surface area contributed by atoms with Gasteiger partial charge in [0.2, 0.25) is 0 Å². The fourth-order valence-corrected chi connectivity index (χ4v) is 5.24. The molecule has 0 unspecified atom stereocenters. The fourth-order valence-electron chi connectivity index (χ4n) is 5.24. The maximum absolute atomic E-state index is 11.9. The molecule has 0 aromatic carbocycles. The van der Waals surface area contributed by atoms with Crippen LogP contribution < -0.4 is 10.6 Å². The Morgan fingerprint density at radius 1 is 1.03 bits per heavy atom. The molecule has 3 fully saturated rings. The predicted octanol–water partition coefficient (Wildman–Crippen LogP) is 2.96. The van der Waals surface area contributed by atoms with Crippen molar-refractivity contribution in [2.24, 2.45) is 4.99 Å². The number of amides is 1. The molecule has 7 nitrogen and oxygen atoms in total. The van der Waals surface area contributed by atoms with E-state index in [-0.39, 0.29) is 6.09 Å². The van der Waals surface area contributed by atoms with Gasteiger partial charge in [-0.1, -0.05) is 25.7 Å². The third-order valence-electron chi connectivity index (χ3n) is 6.98.